The zero-order valence-corrected chi connectivity index (χ0v) is 20.2. The molecular weight excluding hydrogens is 448 g/mol. The Balaban J connectivity index is 1.36. The number of aliphatic carboxylic acids is 1. The van der Waals surface area contributed by atoms with E-state index in [-0.39, 0.29) is 38.0 Å². The molecule has 35 heavy (non-hydrogen) atoms. The van der Waals surface area contributed by atoms with Crippen LogP contribution in [0.5, 0.6) is 0 Å². The highest BCUT2D eigenvalue weighted by Crippen LogP contribution is 2.44. The first-order valence-corrected chi connectivity index (χ1v) is 12.1. The fourth-order valence-corrected chi connectivity index (χ4v) is 4.93. The van der Waals surface area contributed by atoms with Gasteiger partial charge < -0.3 is 24.8 Å². The maximum absolute atomic E-state index is 12.9. The summed E-state index contributed by atoms with van der Waals surface area (Å²) in [4.78, 5) is 38.6. The summed E-state index contributed by atoms with van der Waals surface area (Å²) in [5.41, 5.74) is 3.16. The molecule has 8 nitrogen and oxygen atoms in total. The van der Waals surface area contributed by atoms with Gasteiger partial charge in [-0.05, 0) is 35.6 Å². The summed E-state index contributed by atoms with van der Waals surface area (Å²) < 4.78 is 11.0. The first kappa shape index (κ1) is 24.7. The number of hydrogen-bond acceptors (Lipinski definition) is 5. The number of morpholine rings is 1. The zero-order chi connectivity index (χ0) is 25.0. The molecule has 186 valence electrons. The highest BCUT2D eigenvalue weighted by Gasteiger charge is 2.41. The minimum absolute atomic E-state index is 0.0229. The quantitative estimate of drug-likeness (QED) is 0.596. The van der Waals surface area contributed by atoms with Gasteiger partial charge in [0.25, 0.3) is 0 Å². The lowest BCUT2D eigenvalue weighted by Crippen LogP contribution is -2.56. The second-order valence-corrected chi connectivity index (χ2v) is 9.36. The number of ether oxygens (including phenoxy) is 2. The van der Waals surface area contributed by atoms with Crippen LogP contribution in [-0.4, -0.2) is 65.9 Å². The van der Waals surface area contributed by atoms with Crippen molar-refractivity contribution in [1.82, 2.24) is 10.2 Å². The number of benzene rings is 2. The third-order valence-corrected chi connectivity index (χ3v) is 6.80. The second-order valence-electron chi connectivity index (χ2n) is 9.36. The summed E-state index contributed by atoms with van der Waals surface area (Å²) in [5, 5.41) is 12.3. The fraction of sp³-hybridized carbons (Fsp3) is 0.444. The van der Waals surface area contributed by atoms with Gasteiger partial charge in [-0.25, -0.2) is 9.59 Å². The number of rotatable bonds is 8. The van der Waals surface area contributed by atoms with Crippen LogP contribution >= 0.6 is 0 Å². The average Bonchev–Trinajstić information content (AvgIpc) is 3.16. The van der Waals surface area contributed by atoms with Crippen molar-refractivity contribution in [3.63, 3.8) is 0 Å². The molecule has 2 N–H and O–H groups in total. The summed E-state index contributed by atoms with van der Waals surface area (Å²) in [5.74, 6) is -1.35. The van der Waals surface area contributed by atoms with Gasteiger partial charge in [0.05, 0.1) is 13.2 Å². The van der Waals surface area contributed by atoms with Gasteiger partial charge in [0, 0.05) is 24.9 Å². The number of carbonyl (C=O) groups is 3. The van der Waals surface area contributed by atoms with Gasteiger partial charge in [0.1, 0.15) is 6.61 Å². The molecule has 0 bridgehead atoms. The van der Waals surface area contributed by atoms with E-state index >= 15 is 0 Å². The van der Waals surface area contributed by atoms with Crippen LogP contribution < -0.4 is 5.32 Å². The summed E-state index contributed by atoms with van der Waals surface area (Å²) in [6.07, 6.45) is 0.900. The van der Waals surface area contributed by atoms with E-state index in [1.165, 1.54) is 11.8 Å². The molecule has 2 atom stereocenters. The summed E-state index contributed by atoms with van der Waals surface area (Å²) in [7, 11) is 0. The number of carboxylic acid groups (broad SMARTS) is 1. The average molecular weight is 481 g/mol. The van der Waals surface area contributed by atoms with Crippen LogP contribution in [0.15, 0.2) is 48.5 Å². The lowest BCUT2D eigenvalue weighted by molar-refractivity contribution is -0.177. The summed E-state index contributed by atoms with van der Waals surface area (Å²) in [6.45, 7) is 4.11. The molecule has 1 unspecified atom stereocenters. The van der Waals surface area contributed by atoms with Gasteiger partial charge in [-0.15, -0.1) is 0 Å². The molecule has 1 fully saturated rings. The normalized spacial score (nSPS) is 20.0. The SMILES string of the molecule is CCC[C@@H](CC(=O)N1CCOC(C)(C(=O)O)C1)NC(=O)OCC1c2ccccc2-c2ccccc21. The van der Waals surface area contributed by atoms with Crippen molar-refractivity contribution in [3.05, 3.63) is 59.7 Å². The number of hydrogen-bond donors (Lipinski definition) is 2. The Morgan fingerprint density at radius 1 is 1.14 bits per heavy atom. The first-order chi connectivity index (χ1) is 16.8. The van der Waals surface area contributed by atoms with E-state index in [9.17, 15) is 19.5 Å². The number of alkyl carbamates (subject to hydrolysis) is 1. The predicted octanol–water partition coefficient (Wildman–Crippen LogP) is 3.79. The van der Waals surface area contributed by atoms with Crippen LogP contribution in [0.25, 0.3) is 11.1 Å². The highest BCUT2D eigenvalue weighted by molar-refractivity contribution is 5.82. The van der Waals surface area contributed by atoms with E-state index in [2.05, 4.69) is 29.6 Å². The van der Waals surface area contributed by atoms with E-state index in [1.807, 2.05) is 31.2 Å². The molecule has 1 saturated heterocycles. The molecule has 1 aliphatic carbocycles. The molecule has 2 amide bonds. The van der Waals surface area contributed by atoms with Crippen LogP contribution in [0, 0.1) is 0 Å². The Labute approximate surface area is 205 Å². The first-order valence-electron chi connectivity index (χ1n) is 12.1. The molecular formula is C27H32N2O6. The minimum Gasteiger partial charge on any atom is -0.479 e. The highest BCUT2D eigenvalue weighted by atomic mass is 16.5. The molecule has 2 aromatic rings. The van der Waals surface area contributed by atoms with E-state index in [0.29, 0.717) is 13.0 Å². The van der Waals surface area contributed by atoms with Crippen LogP contribution in [-0.2, 0) is 19.1 Å². The minimum atomic E-state index is -1.42. The molecule has 0 saturated carbocycles. The molecule has 8 heteroatoms. The Kier molecular flexibility index (Phi) is 7.40. The van der Waals surface area contributed by atoms with Crippen molar-refractivity contribution in [2.75, 3.05) is 26.3 Å². The maximum atomic E-state index is 12.9. The fourth-order valence-electron chi connectivity index (χ4n) is 4.93. The molecule has 2 aliphatic rings. The van der Waals surface area contributed by atoms with Gasteiger partial charge in [0.15, 0.2) is 5.60 Å². The van der Waals surface area contributed by atoms with E-state index in [4.69, 9.17) is 9.47 Å². The van der Waals surface area contributed by atoms with Crippen molar-refractivity contribution in [2.45, 2.75) is 50.7 Å². The molecule has 1 aliphatic heterocycles. The van der Waals surface area contributed by atoms with Gasteiger partial charge in [-0.3, -0.25) is 4.79 Å². The van der Waals surface area contributed by atoms with Gasteiger partial charge in [-0.2, -0.15) is 0 Å². The van der Waals surface area contributed by atoms with Crippen molar-refractivity contribution in [1.29, 1.82) is 0 Å². The van der Waals surface area contributed by atoms with Crippen LogP contribution in [0.3, 0.4) is 0 Å². The van der Waals surface area contributed by atoms with Crippen LogP contribution in [0.4, 0.5) is 4.79 Å². The topological polar surface area (TPSA) is 105 Å². The van der Waals surface area contributed by atoms with Crippen LogP contribution in [0.1, 0.15) is 50.2 Å². The number of nitrogens with zero attached hydrogens (tertiary/aromatic N) is 1. The van der Waals surface area contributed by atoms with Gasteiger partial charge >= 0.3 is 12.1 Å². The molecule has 0 aromatic heterocycles. The lowest BCUT2D eigenvalue weighted by atomic mass is 9.98. The van der Waals surface area contributed by atoms with Crippen molar-refractivity contribution >= 4 is 18.0 Å². The largest absolute Gasteiger partial charge is 0.479 e. The van der Waals surface area contributed by atoms with Gasteiger partial charge in [0.2, 0.25) is 5.91 Å². The van der Waals surface area contributed by atoms with Crippen molar-refractivity contribution < 1.29 is 29.0 Å². The van der Waals surface area contributed by atoms with E-state index in [0.717, 1.165) is 28.7 Å². The van der Waals surface area contributed by atoms with Crippen molar-refractivity contribution in [3.8, 4) is 11.1 Å². The molecule has 2 aromatic carbocycles. The molecule has 0 spiro atoms. The Bertz CT molecular complexity index is 1060. The standard InChI is InChI=1S/C27H32N2O6/c1-3-8-18(15-24(30)29-13-14-35-27(2,17-29)25(31)32)28-26(33)34-16-23-21-11-6-4-9-19(21)20-10-5-7-12-22(20)23/h4-7,9-12,18,23H,3,8,13-17H2,1-2H3,(H,28,33)(H,31,32)/t18-,27?/m0/s1. The number of carboxylic acids is 1. The van der Waals surface area contributed by atoms with E-state index < -0.39 is 23.7 Å². The maximum Gasteiger partial charge on any atom is 0.407 e. The molecule has 4 rings (SSSR count). The predicted molar refractivity (Wildman–Crippen MR) is 130 cm³/mol. The summed E-state index contributed by atoms with van der Waals surface area (Å²) >= 11 is 0. The Morgan fingerprint density at radius 2 is 1.77 bits per heavy atom. The van der Waals surface area contributed by atoms with Gasteiger partial charge in [-0.1, -0.05) is 61.9 Å². The lowest BCUT2D eigenvalue weighted by Gasteiger charge is -2.38. The smallest absolute Gasteiger partial charge is 0.407 e. The number of nitrogens with one attached hydrogen (secondary N) is 1. The monoisotopic (exact) mass is 480 g/mol. The third kappa shape index (κ3) is 5.32. The summed E-state index contributed by atoms with van der Waals surface area (Å²) in [6, 6.07) is 15.9. The third-order valence-electron chi connectivity index (χ3n) is 6.80. The van der Waals surface area contributed by atoms with Crippen molar-refractivity contribution in [2.24, 2.45) is 0 Å². The number of amides is 2. The second kappa shape index (κ2) is 10.5. The number of fused-ring (bicyclic) bond motifs is 3. The number of carbonyl (C=O) groups excluding carboxylic acids is 2. The Morgan fingerprint density at radius 3 is 2.37 bits per heavy atom. The van der Waals surface area contributed by atoms with Crippen LogP contribution in [0.2, 0.25) is 0 Å². The zero-order valence-electron chi connectivity index (χ0n) is 20.2. The van der Waals surface area contributed by atoms with E-state index in [1.54, 1.807) is 0 Å². The molecule has 1 heterocycles. The Hall–Kier alpha value is -3.39. The molecule has 0 radical (unpaired) electrons.